The van der Waals surface area contributed by atoms with Crippen molar-refractivity contribution in [2.45, 2.75) is 37.9 Å². The van der Waals surface area contributed by atoms with Crippen molar-refractivity contribution in [3.05, 3.63) is 96.6 Å². The van der Waals surface area contributed by atoms with Gasteiger partial charge in [-0.3, -0.25) is 4.52 Å². The van der Waals surface area contributed by atoms with Crippen LogP contribution in [-0.2, 0) is 20.4 Å². The Bertz CT molecular complexity index is 910. The molecule has 0 heterocycles. The Hall–Kier alpha value is -2.30. The minimum atomic E-state index is -4.07. The van der Waals surface area contributed by atoms with Gasteiger partial charge in [0, 0.05) is 0 Å². The second kappa shape index (κ2) is 12.7. The first kappa shape index (κ1) is 24.3. The van der Waals surface area contributed by atoms with Gasteiger partial charge in [0.1, 0.15) is 17.6 Å². The molecule has 0 aliphatic rings. The van der Waals surface area contributed by atoms with Crippen molar-refractivity contribution < 1.29 is 22.9 Å². The maximum atomic E-state index is 13.7. The van der Waals surface area contributed by atoms with Crippen LogP contribution in [0.25, 0.3) is 0 Å². The molecule has 0 aromatic heterocycles. The molecule has 0 saturated heterocycles. The number of ether oxygens (including phenoxy) is 1. The van der Waals surface area contributed by atoms with Crippen LogP contribution in [0.1, 0.15) is 25.3 Å². The number of alkyl halides is 1. The van der Waals surface area contributed by atoms with Crippen molar-refractivity contribution in [3.8, 4) is 11.5 Å². The van der Waals surface area contributed by atoms with Gasteiger partial charge in [-0.05, 0) is 36.2 Å². The molecule has 32 heavy (non-hydrogen) atoms. The highest BCUT2D eigenvalue weighted by Crippen LogP contribution is 2.51. The molecule has 3 aromatic rings. The number of phosphoric ester groups is 1. The van der Waals surface area contributed by atoms with Gasteiger partial charge in [0.25, 0.3) is 0 Å². The maximum Gasteiger partial charge on any atom is 0.587 e. The number of benzene rings is 3. The van der Waals surface area contributed by atoms with Crippen LogP contribution in [0, 0.1) is 0 Å². The van der Waals surface area contributed by atoms with Gasteiger partial charge in [-0.2, -0.15) is 0 Å². The fraction of sp³-hybridized carbons (Fsp3) is 0.280. The molecule has 0 radical (unpaired) electrons. The second-order valence-electron chi connectivity index (χ2n) is 7.21. The minimum Gasteiger partial charge on any atom is -0.395 e. The van der Waals surface area contributed by atoms with Gasteiger partial charge in [0.15, 0.2) is 0 Å². The van der Waals surface area contributed by atoms with E-state index >= 15 is 0 Å². The van der Waals surface area contributed by atoms with Gasteiger partial charge < -0.3 is 13.8 Å². The van der Waals surface area contributed by atoms with Crippen LogP contribution in [0.5, 0.6) is 11.5 Å². The fourth-order valence-electron chi connectivity index (χ4n) is 2.98. The predicted octanol–water partition coefficient (Wildman–Crippen LogP) is 7.26. The van der Waals surface area contributed by atoms with Crippen molar-refractivity contribution in [1.82, 2.24) is 0 Å². The van der Waals surface area contributed by atoms with Crippen molar-refractivity contribution in [3.63, 3.8) is 0 Å². The highest BCUT2D eigenvalue weighted by Gasteiger charge is 2.37. The number of rotatable bonds is 13. The first-order chi connectivity index (χ1) is 15.6. The number of hydrogen-bond donors (Lipinski definition) is 0. The molecule has 0 bridgehead atoms. The average Bonchev–Trinajstić information content (AvgIpc) is 2.80. The van der Waals surface area contributed by atoms with Gasteiger partial charge in [0.2, 0.25) is 0 Å². The zero-order chi connectivity index (χ0) is 22.7. The summed E-state index contributed by atoms with van der Waals surface area (Å²) in [5, 5.41) is -0.428. The summed E-state index contributed by atoms with van der Waals surface area (Å²) in [6.45, 7) is 2.56. The molecular formula is C25H28ClO5P. The standard InChI is InChI=1S/C25H28ClO5P/c1-2-12-24(26)25(20-28-19-21-13-6-3-7-14-21)31-32(27,29-22-15-8-4-9-16-22)30-23-17-10-5-11-18-23/h3-11,13-18,24-25H,2,12,19-20H2,1H3/t24-,25+/m0/s1. The van der Waals surface area contributed by atoms with Crippen LogP contribution in [0.15, 0.2) is 91.0 Å². The minimum absolute atomic E-state index is 0.142. The van der Waals surface area contributed by atoms with E-state index in [2.05, 4.69) is 0 Å². The molecule has 0 unspecified atom stereocenters. The molecule has 2 atom stereocenters. The summed E-state index contributed by atoms with van der Waals surface area (Å²) in [4.78, 5) is 0. The Morgan fingerprint density at radius 3 is 1.81 bits per heavy atom. The van der Waals surface area contributed by atoms with Crippen LogP contribution in [-0.4, -0.2) is 18.1 Å². The molecule has 0 spiro atoms. The Kier molecular flexibility index (Phi) is 9.63. The van der Waals surface area contributed by atoms with Gasteiger partial charge in [-0.25, -0.2) is 4.57 Å². The molecule has 0 amide bonds. The van der Waals surface area contributed by atoms with E-state index < -0.39 is 19.3 Å². The summed E-state index contributed by atoms with van der Waals surface area (Å²) < 4.78 is 37.0. The molecule has 3 rings (SSSR count). The summed E-state index contributed by atoms with van der Waals surface area (Å²) in [6, 6.07) is 27.4. The van der Waals surface area contributed by atoms with Gasteiger partial charge in [-0.15, -0.1) is 11.6 Å². The average molecular weight is 475 g/mol. The number of para-hydroxylation sites is 2. The van der Waals surface area contributed by atoms with Gasteiger partial charge >= 0.3 is 7.82 Å². The Morgan fingerprint density at radius 2 is 1.31 bits per heavy atom. The third-order valence-corrected chi connectivity index (χ3v) is 6.44. The largest absolute Gasteiger partial charge is 0.587 e. The second-order valence-corrected chi connectivity index (χ2v) is 9.24. The van der Waals surface area contributed by atoms with E-state index in [1.54, 1.807) is 48.5 Å². The van der Waals surface area contributed by atoms with Crippen molar-refractivity contribution in [2.24, 2.45) is 0 Å². The third kappa shape index (κ3) is 7.99. The SMILES string of the molecule is CCC[C@H](Cl)[C@@H](COCc1ccccc1)OP(=O)(Oc1ccccc1)Oc1ccccc1. The van der Waals surface area contributed by atoms with Gasteiger partial charge in [-0.1, -0.05) is 80.1 Å². The molecule has 3 aromatic carbocycles. The van der Waals surface area contributed by atoms with E-state index in [1.807, 2.05) is 49.4 Å². The maximum absolute atomic E-state index is 13.7. The lowest BCUT2D eigenvalue weighted by Gasteiger charge is -2.27. The van der Waals surface area contributed by atoms with Crippen LogP contribution < -0.4 is 9.05 Å². The van der Waals surface area contributed by atoms with E-state index in [0.29, 0.717) is 24.5 Å². The Morgan fingerprint density at radius 1 is 0.812 bits per heavy atom. The molecule has 0 aliphatic carbocycles. The Balaban J connectivity index is 1.76. The first-order valence-corrected chi connectivity index (χ1v) is 12.5. The smallest absolute Gasteiger partial charge is 0.395 e. The van der Waals surface area contributed by atoms with E-state index in [-0.39, 0.29) is 6.61 Å². The zero-order valence-electron chi connectivity index (χ0n) is 18.0. The van der Waals surface area contributed by atoms with Crippen LogP contribution in [0.3, 0.4) is 0 Å². The van der Waals surface area contributed by atoms with E-state index in [4.69, 9.17) is 29.9 Å². The molecule has 0 N–H and O–H groups in total. The summed E-state index contributed by atoms with van der Waals surface area (Å²) in [5.74, 6) is 0.745. The molecule has 0 saturated carbocycles. The topological polar surface area (TPSA) is 54.0 Å². The number of hydrogen-bond acceptors (Lipinski definition) is 5. The van der Waals surface area contributed by atoms with E-state index in [0.717, 1.165) is 12.0 Å². The highest BCUT2D eigenvalue weighted by atomic mass is 35.5. The molecule has 0 fully saturated rings. The number of phosphoric acid groups is 1. The summed E-state index contributed by atoms with van der Waals surface area (Å²) in [7, 11) is -4.07. The summed E-state index contributed by atoms with van der Waals surface area (Å²) in [5.41, 5.74) is 1.03. The van der Waals surface area contributed by atoms with E-state index in [1.165, 1.54) is 0 Å². The molecular weight excluding hydrogens is 447 g/mol. The van der Waals surface area contributed by atoms with Crippen molar-refractivity contribution in [1.29, 1.82) is 0 Å². The first-order valence-electron chi connectivity index (χ1n) is 10.6. The third-order valence-electron chi connectivity index (χ3n) is 4.55. The Labute approximate surface area is 194 Å². The summed E-state index contributed by atoms with van der Waals surface area (Å²) >= 11 is 6.60. The van der Waals surface area contributed by atoms with E-state index in [9.17, 15) is 4.57 Å². The molecule has 7 heteroatoms. The van der Waals surface area contributed by atoms with Gasteiger partial charge in [0.05, 0.1) is 18.6 Å². The lowest BCUT2D eigenvalue weighted by atomic mass is 10.1. The molecule has 0 aliphatic heterocycles. The van der Waals surface area contributed by atoms with Crippen molar-refractivity contribution >= 4 is 19.4 Å². The quantitative estimate of drug-likeness (QED) is 0.193. The zero-order valence-corrected chi connectivity index (χ0v) is 19.7. The fourth-order valence-corrected chi connectivity index (χ4v) is 4.81. The monoisotopic (exact) mass is 474 g/mol. The molecule has 5 nitrogen and oxygen atoms in total. The summed E-state index contributed by atoms with van der Waals surface area (Å²) in [6.07, 6.45) is 0.812. The predicted molar refractivity (Wildman–Crippen MR) is 127 cm³/mol. The normalized spacial score (nSPS) is 13.3. The van der Waals surface area contributed by atoms with Crippen LogP contribution >= 0.6 is 19.4 Å². The lowest BCUT2D eigenvalue weighted by Crippen LogP contribution is -2.30. The van der Waals surface area contributed by atoms with Crippen LogP contribution in [0.4, 0.5) is 0 Å². The highest BCUT2D eigenvalue weighted by molar-refractivity contribution is 7.49. The molecule has 170 valence electrons. The lowest BCUT2D eigenvalue weighted by molar-refractivity contribution is 0.0257. The van der Waals surface area contributed by atoms with Crippen molar-refractivity contribution in [2.75, 3.05) is 6.61 Å². The number of halogens is 1. The van der Waals surface area contributed by atoms with Crippen LogP contribution in [0.2, 0.25) is 0 Å².